The highest BCUT2D eigenvalue weighted by atomic mass is 79.9. The van der Waals surface area contributed by atoms with E-state index in [-0.39, 0.29) is 5.92 Å². The van der Waals surface area contributed by atoms with Gasteiger partial charge in [-0.1, -0.05) is 28.1 Å². The Morgan fingerprint density at radius 1 is 1.41 bits per heavy atom. The predicted molar refractivity (Wildman–Crippen MR) is 69.8 cm³/mol. The van der Waals surface area contributed by atoms with Crippen LogP contribution in [0.5, 0.6) is 0 Å². The lowest BCUT2D eigenvalue weighted by Gasteiger charge is -2.30. The highest BCUT2D eigenvalue weighted by Gasteiger charge is 2.25. The third-order valence-corrected chi connectivity index (χ3v) is 3.70. The summed E-state index contributed by atoms with van der Waals surface area (Å²) in [5, 5.41) is 9.03. The highest BCUT2D eigenvalue weighted by molar-refractivity contribution is 9.10. The molecule has 0 radical (unpaired) electrons. The van der Waals surface area contributed by atoms with Crippen LogP contribution < -0.4 is 0 Å². The molecular weight excluding hydrogens is 282 g/mol. The molecule has 1 aliphatic heterocycles. The average Bonchev–Trinajstić information content (AvgIpc) is 2.32. The van der Waals surface area contributed by atoms with Gasteiger partial charge in [0.2, 0.25) is 0 Å². The minimum Gasteiger partial charge on any atom is -0.481 e. The number of nitrogens with zero attached hydrogens (tertiary/aromatic N) is 1. The van der Waals surface area contributed by atoms with E-state index in [9.17, 15) is 4.79 Å². The first kappa shape index (κ1) is 12.6. The minimum absolute atomic E-state index is 0.195. The van der Waals surface area contributed by atoms with Crippen LogP contribution in [0.4, 0.5) is 0 Å². The van der Waals surface area contributed by atoms with E-state index in [2.05, 4.69) is 33.0 Å². The zero-order chi connectivity index (χ0) is 12.3. The maximum atomic E-state index is 11.0. The van der Waals surface area contributed by atoms with Crippen molar-refractivity contribution < 1.29 is 9.90 Å². The third-order valence-electron chi connectivity index (χ3n) is 3.17. The summed E-state index contributed by atoms with van der Waals surface area (Å²) in [5.41, 5.74) is 1.24. The molecule has 3 nitrogen and oxygen atoms in total. The van der Waals surface area contributed by atoms with Gasteiger partial charge < -0.3 is 5.11 Å². The van der Waals surface area contributed by atoms with Gasteiger partial charge in [-0.25, -0.2) is 0 Å². The molecule has 1 aromatic carbocycles. The van der Waals surface area contributed by atoms with Gasteiger partial charge in [0.05, 0.1) is 5.92 Å². The van der Waals surface area contributed by atoms with Crippen LogP contribution in [0.25, 0.3) is 0 Å². The van der Waals surface area contributed by atoms with Crippen molar-refractivity contribution in [2.75, 3.05) is 13.1 Å². The van der Waals surface area contributed by atoms with Crippen molar-refractivity contribution in [1.29, 1.82) is 0 Å². The van der Waals surface area contributed by atoms with E-state index in [4.69, 9.17) is 5.11 Å². The van der Waals surface area contributed by atoms with Gasteiger partial charge in [-0.2, -0.15) is 0 Å². The zero-order valence-corrected chi connectivity index (χ0v) is 11.2. The summed E-state index contributed by atoms with van der Waals surface area (Å²) in [7, 11) is 0. The Kier molecular flexibility index (Phi) is 4.18. The molecule has 1 unspecified atom stereocenters. The van der Waals surface area contributed by atoms with Crippen LogP contribution in [0.3, 0.4) is 0 Å². The second-order valence-corrected chi connectivity index (χ2v) is 5.45. The molecule has 1 heterocycles. The number of halogens is 1. The van der Waals surface area contributed by atoms with E-state index in [0.717, 1.165) is 30.4 Å². The molecule has 0 saturated carbocycles. The Morgan fingerprint density at radius 2 is 2.12 bits per heavy atom. The number of piperidine rings is 1. The van der Waals surface area contributed by atoms with E-state index in [1.165, 1.54) is 5.56 Å². The first-order chi connectivity index (χ1) is 8.15. The van der Waals surface area contributed by atoms with Crippen LogP contribution in [0.15, 0.2) is 28.7 Å². The number of carboxylic acids is 1. The summed E-state index contributed by atoms with van der Waals surface area (Å²) in [6.07, 6.45) is 1.79. The Labute approximate surface area is 110 Å². The maximum absolute atomic E-state index is 11.0. The normalized spacial score (nSPS) is 21.4. The first-order valence-corrected chi connectivity index (χ1v) is 6.64. The standard InChI is InChI=1S/C13H16BrNO2/c14-12-5-3-10(4-6-12)8-15-7-1-2-11(9-15)13(16)17/h3-6,11H,1-2,7-9H2,(H,16,17). The summed E-state index contributed by atoms with van der Waals surface area (Å²) in [5.74, 6) is -0.857. The third kappa shape index (κ3) is 3.54. The molecule has 4 heteroatoms. The number of rotatable bonds is 3. The van der Waals surface area contributed by atoms with Crippen LogP contribution in [-0.2, 0) is 11.3 Å². The molecule has 0 aromatic heterocycles. The number of aliphatic carboxylic acids is 1. The molecule has 92 valence electrons. The van der Waals surface area contributed by atoms with Gasteiger partial charge in [0.25, 0.3) is 0 Å². The number of likely N-dealkylation sites (tertiary alicyclic amines) is 1. The molecule has 1 fully saturated rings. The lowest BCUT2D eigenvalue weighted by atomic mass is 9.98. The fourth-order valence-corrected chi connectivity index (χ4v) is 2.51. The van der Waals surface area contributed by atoms with E-state index in [0.29, 0.717) is 6.54 Å². The topological polar surface area (TPSA) is 40.5 Å². The molecule has 0 bridgehead atoms. The minimum atomic E-state index is -0.662. The van der Waals surface area contributed by atoms with Crippen LogP contribution >= 0.6 is 15.9 Å². The summed E-state index contributed by atoms with van der Waals surface area (Å²) >= 11 is 3.41. The van der Waals surface area contributed by atoms with Crippen molar-refractivity contribution in [1.82, 2.24) is 4.90 Å². The van der Waals surface area contributed by atoms with Crippen LogP contribution in [0, 0.1) is 5.92 Å². The van der Waals surface area contributed by atoms with Crippen molar-refractivity contribution in [3.8, 4) is 0 Å². The molecule has 0 aliphatic carbocycles. The monoisotopic (exact) mass is 297 g/mol. The zero-order valence-electron chi connectivity index (χ0n) is 9.60. The molecule has 17 heavy (non-hydrogen) atoms. The van der Waals surface area contributed by atoms with Crippen molar-refractivity contribution in [3.05, 3.63) is 34.3 Å². The molecule has 1 N–H and O–H groups in total. The summed E-state index contributed by atoms with van der Waals surface area (Å²) in [4.78, 5) is 13.2. The predicted octanol–water partition coefficient (Wildman–Crippen LogP) is 2.75. The largest absolute Gasteiger partial charge is 0.481 e. The first-order valence-electron chi connectivity index (χ1n) is 5.85. The van der Waals surface area contributed by atoms with Crippen LogP contribution in [0.2, 0.25) is 0 Å². The van der Waals surface area contributed by atoms with Gasteiger partial charge in [-0.3, -0.25) is 9.69 Å². The van der Waals surface area contributed by atoms with Crippen LogP contribution in [0.1, 0.15) is 18.4 Å². The smallest absolute Gasteiger partial charge is 0.307 e. The van der Waals surface area contributed by atoms with E-state index < -0.39 is 5.97 Å². The summed E-state index contributed by atoms with van der Waals surface area (Å²) in [6.45, 7) is 2.52. The fourth-order valence-electron chi connectivity index (χ4n) is 2.25. The lowest BCUT2D eigenvalue weighted by molar-refractivity contribution is -0.143. The van der Waals surface area contributed by atoms with Gasteiger partial charge in [0.15, 0.2) is 0 Å². The number of carbonyl (C=O) groups is 1. The number of hydrogen-bond acceptors (Lipinski definition) is 2. The van der Waals surface area contributed by atoms with Crippen molar-refractivity contribution >= 4 is 21.9 Å². The van der Waals surface area contributed by atoms with E-state index >= 15 is 0 Å². The summed E-state index contributed by atoms with van der Waals surface area (Å²) < 4.78 is 1.07. The van der Waals surface area contributed by atoms with Crippen LogP contribution in [-0.4, -0.2) is 29.1 Å². The van der Waals surface area contributed by atoms with Crippen molar-refractivity contribution in [3.63, 3.8) is 0 Å². The van der Waals surface area contributed by atoms with E-state index in [1.54, 1.807) is 0 Å². The number of carboxylic acid groups (broad SMARTS) is 1. The maximum Gasteiger partial charge on any atom is 0.307 e. The Balaban J connectivity index is 1.94. The van der Waals surface area contributed by atoms with E-state index in [1.807, 2.05) is 12.1 Å². The summed E-state index contributed by atoms with van der Waals surface area (Å²) in [6, 6.07) is 8.20. The van der Waals surface area contributed by atoms with Gasteiger partial charge in [-0.05, 0) is 37.1 Å². The second-order valence-electron chi connectivity index (χ2n) is 4.54. The molecule has 0 amide bonds. The average molecular weight is 298 g/mol. The molecule has 1 aromatic rings. The van der Waals surface area contributed by atoms with Crippen molar-refractivity contribution in [2.45, 2.75) is 19.4 Å². The molecule has 2 rings (SSSR count). The lowest BCUT2D eigenvalue weighted by Crippen LogP contribution is -2.38. The number of hydrogen-bond donors (Lipinski definition) is 1. The molecule has 1 saturated heterocycles. The SMILES string of the molecule is O=C(O)C1CCCN(Cc2ccc(Br)cc2)C1. The quantitative estimate of drug-likeness (QED) is 0.933. The molecule has 0 spiro atoms. The van der Waals surface area contributed by atoms with Crippen molar-refractivity contribution in [2.24, 2.45) is 5.92 Å². The molecule has 1 aliphatic rings. The fraction of sp³-hybridized carbons (Fsp3) is 0.462. The molecule has 1 atom stereocenters. The Morgan fingerprint density at radius 3 is 2.76 bits per heavy atom. The molecular formula is C13H16BrNO2. The van der Waals surface area contributed by atoms with Gasteiger partial charge in [0, 0.05) is 17.6 Å². The Bertz CT molecular complexity index is 391. The highest BCUT2D eigenvalue weighted by Crippen LogP contribution is 2.19. The number of benzene rings is 1. The van der Waals surface area contributed by atoms with Gasteiger partial charge in [0.1, 0.15) is 0 Å². The Hall–Kier alpha value is -0.870. The van der Waals surface area contributed by atoms with Gasteiger partial charge >= 0.3 is 5.97 Å². The van der Waals surface area contributed by atoms with Gasteiger partial charge in [-0.15, -0.1) is 0 Å². The second kappa shape index (κ2) is 5.65.